The van der Waals surface area contributed by atoms with Crippen LogP contribution in [0.3, 0.4) is 0 Å². The molecule has 15 heavy (non-hydrogen) atoms. The number of sulfonamides is 1. The van der Waals surface area contributed by atoms with Gasteiger partial charge >= 0.3 is 0 Å². The van der Waals surface area contributed by atoms with Crippen LogP contribution in [-0.2, 0) is 10.0 Å². The molecule has 2 atom stereocenters. The van der Waals surface area contributed by atoms with Crippen LogP contribution in [0.1, 0.15) is 25.7 Å². The molecule has 3 aliphatic rings. The fourth-order valence-corrected chi connectivity index (χ4v) is 4.95. The lowest BCUT2D eigenvalue weighted by Gasteiger charge is -2.13. The van der Waals surface area contributed by atoms with E-state index in [1.165, 1.54) is 0 Å². The highest BCUT2D eigenvalue weighted by Crippen LogP contribution is 2.42. The zero-order valence-electron chi connectivity index (χ0n) is 8.78. The van der Waals surface area contributed by atoms with Crippen LogP contribution in [0.2, 0.25) is 0 Å². The molecule has 1 heterocycles. The first-order valence-corrected chi connectivity index (χ1v) is 7.45. The predicted molar refractivity (Wildman–Crippen MR) is 57.9 cm³/mol. The Balaban J connectivity index is 1.62. The highest BCUT2D eigenvalue weighted by atomic mass is 32.2. The predicted octanol–water partition coefficient (Wildman–Crippen LogP) is 0.0662. The summed E-state index contributed by atoms with van der Waals surface area (Å²) in [6.07, 6.45) is 3.86. The van der Waals surface area contributed by atoms with Crippen molar-refractivity contribution in [3.8, 4) is 0 Å². The average Bonchev–Trinajstić information content (AvgIpc) is 2.75. The average molecular weight is 230 g/mol. The van der Waals surface area contributed by atoms with E-state index in [2.05, 4.69) is 10.0 Å². The van der Waals surface area contributed by atoms with Gasteiger partial charge in [-0.25, -0.2) is 13.1 Å². The molecule has 3 fully saturated rings. The minimum Gasteiger partial charge on any atom is -0.316 e. The Hall–Kier alpha value is -0.130. The minimum atomic E-state index is -3.02. The third-order valence-electron chi connectivity index (χ3n) is 4.13. The third-order valence-corrected chi connectivity index (χ3v) is 6.08. The Morgan fingerprint density at radius 1 is 1.07 bits per heavy atom. The Bertz CT molecular complexity index is 338. The van der Waals surface area contributed by atoms with Crippen molar-refractivity contribution >= 4 is 10.0 Å². The van der Waals surface area contributed by atoms with Gasteiger partial charge < -0.3 is 5.32 Å². The highest BCUT2D eigenvalue weighted by Gasteiger charge is 2.54. The molecule has 1 saturated heterocycles. The molecular weight excluding hydrogens is 212 g/mol. The van der Waals surface area contributed by atoms with Crippen LogP contribution in [0.25, 0.3) is 0 Å². The van der Waals surface area contributed by atoms with Gasteiger partial charge in [0.25, 0.3) is 0 Å². The molecule has 2 aliphatic carbocycles. The largest absolute Gasteiger partial charge is 0.316 e. The van der Waals surface area contributed by atoms with E-state index in [4.69, 9.17) is 0 Å². The van der Waals surface area contributed by atoms with Crippen molar-refractivity contribution in [3.05, 3.63) is 0 Å². The monoisotopic (exact) mass is 230 g/mol. The molecule has 1 aliphatic heterocycles. The summed E-state index contributed by atoms with van der Waals surface area (Å²) in [5.74, 6) is 1.14. The van der Waals surface area contributed by atoms with Gasteiger partial charge in [0.15, 0.2) is 0 Å². The lowest BCUT2D eigenvalue weighted by Crippen LogP contribution is -2.37. The standard InChI is InChI=1S/C10H18N2O2S/c13-15(14,7-3-1-2-4-7)12-10-8-5-11-6-9(8)10/h7-12H,1-6H2. The fourth-order valence-electron chi connectivity index (χ4n) is 3.08. The zero-order valence-corrected chi connectivity index (χ0v) is 9.59. The molecule has 5 heteroatoms. The molecule has 2 unspecified atom stereocenters. The molecule has 0 aromatic heterocycles. The smallest absolute Gasteiger partial charge is 0.214 e. The van der Waals surface area contributed by atoms with E-state index in [0.717, 1.165) is 38.8 Å². The van der Waals surface area contributed by atoms with Gasteiger partial charge in [0.2, 0.25) is 10.0 Å². The highest BCUT2D eigenvalue weighted by molar-refractivity contribution is 7.90. The summed E-state index contributed by atoms with van der Waals surface area (Å²) < 4.78 is 26.9. The van der Waals surface area contributed by atoms with Crippen molar-refractivity contribution in [1.82, 2.24) is 10.0 Å². The number of rotatable bonds is 3. The van der Waals surface area contributed by atoms with Crippen LogP contribution in [0.5, 0.6) is 0 Å². The molecule has 4 nitrogen and oxygen atoms in total. The second kappa shape index (κ2) is 3.43. The van der Waals surface area contributed by atoms with E-state index in [9.17, 15) is 8.42 Å². The second-order valence-electron chi connectivity index (χ2n) is 5.08. The van der Waals surface area contributed by atoms with Gasteiger partial charge in [0.1, 0.15) is 0 Å². The summed E-state index contributed by atoms with van der Waals surface area (Å²) in [6, 6.07) is 0.247. The molecule has 0 aromatic carbocycles. The van der Waals surface area contributed by atoms with Gasteiger partial charge in [-0.2, -0.15) is 0 Å². The lowest BCUT2D eigenvalue weighted by molar-refractivity contribution is 0.550. The topological polar surface area (TPSA) is 58.2 Å². The van der Waals surface area contributed by atoms with Crippen LogP contribution in [-0.4, -0.2) is 32.8 Å². The third kappa shape index (κ3) is 1.70. The van der Waals surface area contributed by atoms with Gasteiger partial charge in [-0.15, -0.1) is 0 Å². The minimum absolute atomic E-state index is 0.105. The maximum absolute atomic E-state index is 12.0. The Kier molecular flexibility index (Phi) is 2.30. The van der Waals surface area contributed by atoms with E-state index in [1.807, 2.05) is 0 Å². The van der Waals surface area contributed by atoms with Crippen LogP contribution < -0.4 is 10.0 Å². The van der Waals surface area contributed by atoms with Gasteiger partial charge in [-0.05, 0) is 37.8 Å². The molecule has 2 saturated carbocycles. The van der Waals surface area contributed by atoms with Gasteiger partial charge in [-0.3, -0.25) is 0 Å². The van der Waals surface area contributed by atoms with Crippen LogP contribution in [0.4, 0.5) is 0 Å². The number of piperidine rings is 1. The van der Waals surface area contributed by atoms with Crippen molar-refractivity contribution in [2.24, 2.45) is 11.8 Å². The SMILES string of the molecule is O=S(=O)(NC1C2CNCC21)C1CCCC1. The molecular formula is C10H18N2O2S. The number of hydrogen-bond acceptors (Lipinski definition) is 3. The van der Waals surface area contributed by atoms with Crippen molar-refractivity contribution in [2.45, 2.75) is 37.0 Å². The fraction of sp³-hybridized carbons (Fsp3) is 1.00. The van der Waals surface area contributed by atoms with Crippen LogP contribution in [0.15, 0.2) is 0 Å². The van der Waals surface area contributed by atoms with Crippen molar-refractivity contribution in [1.29, 1.82) is 0 Å². The van der Waals surface area contributed by atoms with Crippen molar-refractivity contribution < 1.29 is 8.42 Å². The molecule has 3 rings (SSSR count). The molecule has 0 radical (unpaired) electrons. The lowest BCUT2D eigenvalue weighted by atomic mass is 10.4. The van der Waals surface area contributed by atoms with Crippen molar-refractivity contribution in [3.63, 3.8) is 0 Å². The molecule has 86 valence electrons. The molecule has 0 spiro atoms. The first-order valence-electron chi connectivity index (χ1n) is 5.90. The molecule has 2 N–H and O–H groups in total. The quantitative estimate of drug-likeness (QED) is 0.721. The normalized spacial score (nSPS) is 40.7. The summed E-state index contributed by atoms with van der Waals surface area (Å²) in [5, 5.41) is 3.17. The van der Waals surface area contributed by atoms with Gasteiger partial charge in [-0.1, -0.05) is 12.8 Å². The zero-order chi connectivity index (χ0) is 10.5. The number of hydrogen-bond donors (Lipinski definition) is 2. The van der Waals surface area contributed by atoms with E-state index in [0.29, 0.717) is 11.8 Å². The summed E-state index contributed by atoms with van der Waals surface area (Å²) in [4.78, 5) is 0. The summed E-state index contributed by atoms with van der Waals surface area (Å²) in [7, 11) is -3.02. The Morgan fingerprint density at radius 3 is 2.27 bits per heavy atom. The Morgan fingerprint density at radius 2 is 1.67 bits per heavy atom. The van der Waals surface area contributed by atoms with Crippen LogP contribution >= 0.6 is 0 Å². The molecule has 0 amide bonds. The Labute approximate surface area is 90.9 Å². The molecule has 0 bridgehead atoms. The second-order valence-corrected chi connectivity index (χ2v) is 7.07. The van der Waals surface area contributed by atoms with E-state index in [-0.39, 0.29) is 11.3 Å². The molecule has 0 aromatic rings. The van der Waals surface area contributed by atoms with E-state index >= 15 is 0 Å². The summed E-state index contributed by atoms with van der Waals surface area (Å²) in [5.41, 5.74) is 0. The van der Waals surface area contributed by atoms with Gasteiger partial charge in [0, 0.05) is 6.04 Å². The first kappa shape index (κ1) is 10.1. The van der Waals surface area contributed by atoms with Crippen LogP contribution in [0, 0.1) is 11.8 Å². The van der Waals surface area contributed by atoms with Crippen molar-refractivity contribution in [2.75, 3.05) is 13.1 Å². The van der Waals surface area contributed by atoms with E-state index < -0.39 is 10.0 Å². The maximum Gasteiger partial charge on any atom is 0.214 e. The summed E-state index contributed by atoms with van der Waals surface area (Å²) in [6.45, 7) is 1.98. The first-order chi connectivity index (χ1) is 7.18. The van der Waals surface area contributed by atoms with E-state index in [1.54, 1.807) is 0 Å². The number of fused-ring (bicyclic) bond motifs is 1. The van der Waals surface area contributed by atoms with Gasteiger partial charge in [0.05, 0.1) is 5.25 Å². The number of nitrogens with one attached hydrogen (secondary N) is 2. The summed E-state index contributed by atoms with van der Waals surface area (Å²) >= 11 is 0. The maximum atomic E-state index is 12.0.